The number of hydrogen-bond donors (Lipinski definition) is 1. The summed E-state index contributed by atoms with van der Waals surface area (Å²) in [5, 5.41) is 10.3. The number of carbonyl (C=O) groups excluding carboxylic acids is 2. The number of carbonyl (C=O) groups is 2. The molecular formula is C14H19NO5. The Balaban J connectivity index is 2.82. The quantitative estimate of drug-likeness (QED) is 0.589. The number of aromatic nitrogens is 1. The maximum absolute atomic E-state index is 11.8. The second kappa shape index (κ2) is 7.59. The zero-order valence-electron chi connectivity index (χ0n) is 11.7. The lowest BCUT2D eigenvalue weighted by molar-refractivity contribution is -0.184. The van der Waals surface area contributed by atoms with Gasteiger partial charge >= 0.3 is 11.9 Å². The van der Waals surface area contributed by atoms with Crippen molar-refractivity contribution in [2.75, 3.05) is 13.2 Å². The Morgan fingerprint density at radius 1 is 1.25 bits per heavy atom. The van der Waals surface area contributed by atoms with E-state index in [-0.39, 0.29) is 19.6 Å². The minimum atomic E-state index is -2.28. The lowest BCUT2D eigenvalue weighted by Gasteiger charge is -2.23. The monoisotopic (exact) mass is 281 g/mol. The molecule has 1 aromatic rings. The van der Waals surface area contributed by atoms with E-state index in [0.717, 1.165) is 5.56 Å². The largest absolute Gasteiger partial charge is 0.463 e. The van der Waals surface area contributed by atoms with Gasteiger partial charge < -0.3 is 14.6 Å². The van der Waals surface area contributed by atoms with Gasteiger partial charge in [0.05, 0.1) is 13.2 Å². The van der Waals surface area contributed by atoms with Gasteiger partial charge in [-0.25, -0.2) is 9.59 Å². The van der Waals surface area contributed by atoms with Gasteiger partial charge in [0.15, 0.2) is 0 Å². The summed E-state index contributed by atoms with van der Waals surface area (Å²) in [6.45, 7) is 3.36. The fraction of sp³-hybridized carbons (Fsp3) is 0.500. The first kappa shape index (κ1) is 16.1. The zero-order valence-corrected chi connectivity index (χ0v) is 11.7. The van der Waals surface area contributed by atoms with Crippen LogP contribution in [0.15, 0.2) is 24.5 Å². The first-order valence-corrected chi connectivity index (χ1v) is 6.50. The van der Waals surface area contributed by atoms with Crippen LogP contribution in [0.4, 0.5) is 0 Å². The summed E-state index contributed by atoms with van der Waals surface area (Å²) in [6, 6.07) is 3.53. The van der Waals surface area contributed by atoms with Crippen LogP contribution in [0, 0.1) is 0 Å². The maximum atomic E-state index is 11.8. The van der Waals surface area contributed by atoms with Crippen molar-refractivity contribution in [3.63, 3.8) is 0 Å². The fourth-order valence-corrected chi connectivity index (χ4v) is 1.66. The van der Waals surface area contributed by atoms with E-state index in [9.17, 15) is 14.7 Å². The van der Waals surface area contributed by atoms with E-state index >= 15 is 0 Å². The van der Waals surface area contributed by atoms with Crippen LogP contribution in [0.5, 0.6) is 0 Å². The Morgan fingerprint density at radius 3 is 2.30 bits per heavy atom. The molecule has 0 fully saturated rings. The second-order valence-electron chi connectivity index (χ2n) is 4.16. The van der Waals surface area contributed by atoms with Crippen molar-refractivity contribution in [1.29, 1.82) is 0 Å². The van der Waals surface area contributed by atoms with Gasteiger partial charge in [0.2, 0.25) is 0 Å². The van der Waals surface area contributed by atoms with Crippen molar-refractivity contribution in [2.45, 2.75) is 32.3 Å². The van der Waals surface area contributed by atoms with E-state index in [2.05, 4.69) is 4.98 Å². The first-order chi connectivity index (χ1) is 9.54. The third kappa shape index (κ3) is 4.03. The van der Waals surface area contributed by atoms with Crippen LogP contribution < -0.4 is 0 Å². The molecule has 0 radical (unpaired) electrons. The molecule has 0 aromatic carbocycles. The molecule has 0 bridgehead atoms. The molecule has 1 aromatic heterocycles. The van der Waals surface area contributed by atoms with E-state index in [1.807, 2.05) is 0 Å². The molecule has 20 heavy (non-hydrogen) atoms. The van der Waals surface area contributed by atoms with Gasteiger partial charge in [-0.1, -0.05) is 6.07 Å². The molecule has 6 nitrogen and oxygen atoms in total. The van der Waals surface area contributed by atoms with Gasteiger partial charge in [0.25, 0.3) is 5.60 Å². The summed E-state index contributed by atoms with van der Waals surface area (Å²) in [4.78, 5) is 27.6. The smallest absolute Gasteiger partial charge is 0.350 e. The van der Waals surface area contributed by atoms with Crippen LogP contribution in [0.1, 0.15) is 25.8 Å². The summed E-state index contributed by atoms with van der Waals surface area (Å²) < 4.78 is 9.52. The summed E-state index contributed by atoms with van der Waals surface area (Å²) in [6.07, 6.45) is 3.42. The highest BCUT2D eigenvalue weighted by Gasteiger charge is 2.46. The van der Waals surface area contributed by atoms with Crippen molar-refractivity contribution in [3.8, 4) is 0 Å². The number of hydrogen-bond acceptors (Lipinski definition) is 6. The number of pyridine rings is 1. The molecule has 0 spiro atoms. The standard InChI is InChI=1S/C14H19NO5/c1-3-19-12(16)14(18,13(17)20-4-2)8-7-11-6-5-9-15-10-11/h5-6,9-10,18H,3-4,7-8H2,1-2H3. The molecule has 0 saturated heterocycles. The average Bonchev–Trinajstić information content (AvgIpc) is 2.46. The predicted molar refractivity (Wildman–Crippen MR) is 70.8 cm³/mol. The molecule has 0 atom stereocenters. The fourth-order valence-electron chi connectivity index (χ4n) is 1.66. The van der Waals surface area contributed by atoms with Crippen LogP contribution in [0.3, 0.4) is 0 Å². The van der Waals surface area contributed by atoms with Crippen LogP contribution in [-0.4, -0.2) is 40.8 Å². The van der Waals surface area contributed by atoms with Gasteiger partial charge in [-0.05, 0) is 31.9 Å². The topological polar surface area (TPSA) is 85.7 Å². The Morgan fingerprint density at radius 2 is 1.85 bits per heavy atom. The van der Waals surface area contributed by atoms with E-state index in [0.29, 0.717) is 6.42 Å². The second-order valence-corrected chi connectivity index (χ2v) is 4.16. The Labute approximate surface area is 117 Å². The van der Waals surface area contributed by atoms with Crippen LogP contribution in [0.2, 0.25) is 0 Å². The summed E-state index contributed by atoms with van der Waals surface area (Å²) in [5.41, 5.74) is -1.47. The average molecular weight is 281 g/mol. The zero-order chi connectivity index (χ0) is 15.0. The minimum absolute atomic E-state index is 0.0768. The number of aryl methyl sites for hydroxylation is 1. The van der Waals surface area contributed by atoms with Crippen molar-refractivity contribution in [2.24, 2.45) is 0 Å². The number of aliphatic hydroxyl groups is 1. The molecule has 110 valence electrons. The summed E-state index contributed by atoms with van der Waals surface area (Å²) in [5.74, 6) is -1.97. The van der Waals surface area contributed by atoms with E-state index < -0.39 is 17.5 Å². The normalized spacial score (nSPS) is 10.9. The molecule has 1 rings (SSSR count). The van der Waals surface area contributed by atoms with Gasteiger partial charge in [0.1, 0.15) is 0 Å². The summed E-state index contributed by atoms with van der Waals surface area (Å²) in [7, 11) is 0. The molecule has 0 saturated carbocycles. The van der Waals surface area contributed by atoms with Crippen molar-refractivity contribution in [3.05, 3.63) is 30.1 Å². The first-order valence-electron chi connectivity index (χ1n) is 6.50. The number of ether oxygens (including phenoxy) is 2. The van der Waals surface area contributed by atoms with E-state index in [1.165, 1.54) is 0 Å². The Kier molecular flexibility index (Phi) is 6.11. The molecule has 0 aliphatic carbocycles. The van der Waals surface area contributed by atoms with Crippen LogP contribution >= 0.6 is 0 Å². The Bertz CT molecular complexity index is 428. The molecular weight excluding hydrogens is 262 g/mol. The molecule has 6 heteroatoms. The molecule has 1 heterocycles. The highest BCUT2D eigenvalue weighted by molar-refractivity contribution is 6.03. The Hall–Kier alpha value is -1.95. The lowest BCUT2D eigenvalue weighted by Crippen LogP contribution is -2.49. The third-order valence-electron chi connectivity index (χ3n) is 2.72. The predicted octanol–water partition coefficient (Wildman–Crippen LogP) is 0.871. The maximum Gasteiger partial charge on any atom is 0.350 e. The van der Waals surface area contributed by atoms with Gasteiger partial charge in [0, 0.05) is 18.8 Å². The van der Waals surface area contributed by atoms with E-state index in [4.69, 9.17) is 9.47 Å². The number of nitrogens with zero attached hydrogens (tertiary/aromatic N) is 1. The highest BCUT2D eigenvalue weighted by atomic mass is 16.6. The molecule has 0 aliphatic rings. The number of rotatable bonds is 7. The molecule has 0 amide bonds. The van der Waals surface area contributed by atoms with Crippen molar-refractivity contribution >= 4 is 11.9 Å². The third-order valence-corrected chi connectivity index (χ3v) is 2.72. The summed E-state index contributed by atoms with van der Waals surface area (Å²) >= 11 is 0. The van der Waals surface area contributed by atoms with Crippen molar-refractivity contribution in [1.82, 2.24) is 4.98 Å². The number of esters is 2. The van der Waals surface area contributed by atoms with Crippen LogP contribution in [0.25, 0.3) is 0 Å². The minimum Gasteiger partial charge on any atom is -0.463 e. The van der Waals surface area contributed by atoms with Gasteiger partial charge in [-0.3, -0.25) is 4.98 Å². The molecule has 0 aliphatic heterocycles. The lowest BCUT2D eigenvalue weighted by atomic mass is 9.95. The highest BCUT2D eigenvalue weighted by Crippen LogP contribution is 2.18. The SMILES string of the molecule is CCOC(=O)C(O)(CCc1cccnc1)C(=O)OCC. The van der Waals surface area contributed by atoms with Gasteiger partial charge in [-0.15, -0.1) is 0 Å². The van der Waals surface area contributed by atoms with E-state index in [1.54, 1.807) is 38.4 Å². The van der Waals surface area contributed by atoms with Crippen molar-refractivity contribution < 1.29 is 24.2 Å². The molecule has 1 N–H and O–H groups in total. The van der Waals surface area contributed by atoms with Crippen LogP contribution in [-0.2, 0) is 25.5 Å². The van der Waals surface area contributed by atoms with Gasteiger partial charge in [-0.2, -0.15) is 0 Å². The molecule has 0 unspecified atom stereocenters.